The molecule has 0 aromatic carbocycles. The smallest absolute Gasteiger partial charge is 0.355 e. The number of amides is 1. The molecule has 0 aromatic rings. The standard InChI is InChI=1S/C8H13F3N2OS.ClH/c9-8(10,11)15-4-3-13-7(14)6-1-2-12-5-6;/h6,12H,1-5H2,(H,13,14);1H/t6-;/m1./s1. The molecule has 1 fully saturated rings. The minimum absolute atomic E-state index is 0. The van der Waals surface area contributed by atoms with Gasteiger partial charge in [-0.2, -0.15) is 13.2 Å². The quantitative estimate of drug-likeness (QED) is 0.764. The van der Waals surface area contributed by atoms with E-state index in [0.29, 0.717) is 6.54 Å². The summed E-state index contributed by atoms with van der Waals surface area (Å²) in [7, 11) is 0. The lowest BCUT2D eigenvalue weighted by Gasteiger charge is -2.10. The Morgan fingerprint density at radius 3 is 2.69 bits per heavy atom. The van der Waals surface area contributed by atoms with Crippen molar-refractivity contribution in [3.63, 3.8) is 0 Å². The Kier molecular flexibility index (Phi) is 7.17. The molecule has 3 nitrogen and oxygen atoms in total. The van der Waals surface area contributed by atoms with Crippen LogP contribution in [0.5, 0.6) is 0 Å². The second kappa shape index (κ2) is 7.24. The second-order valence-corrected chi connectivity index (χ2v) is 4.43. The summed E-state index contributed by atoms with van der Waals surface area (Å²) in [5, 5.41) is 5.52. The van der Waals surface area contributed by atoms with Crippen LogP contribution in [0.1, 0.15) is 6.42 Å². The van der Waals surface area contributed by atoms with Crippen molar-refractivity contribution in [1.29, 1.82) is 0 Å². The van der Waals surface area contributed by atoms with Gasteiger partial charge in [0, 0.05) is 18.8 Å². The van der Waals surface area contributed by atoms with Gasteiger partial charge in [0.2, 0.25) is 5.91 Å². The number of thioether (sulfide) groups is 1. The Morgan fingerprint density at radius 1 is 1.50 bits per heavy atom. The maximum atomic E-state index is 11.7. The van der Waals surface area contributed by atoms with E-state index in [1.165, 1.54) is 0 Å². The molecule has 1 saturated heterocycles. The van der Waals surface area contributed by atoms with Gasteiger partial charge in [-0.25, -0.2) is 0 Å². The largest absolute Gasteiger partial charge is 0.441 e. The third-order valence-electron chi connectivity index (χ3n) is 2.10. The predicted molar refractivity (Wildman–Crippen MR) is 59.7 cm³/mol. The summed E-state index contributed by atoms with van der Waals surface area (Å²) >= 11 is -0.112. The Hall–Kier alpha value is -0.140. The van der Waals surface area contributed by atoms with Crippen LogP contribution in [-0.4, -0.2) is 36.8 Å². The van der Waals surface area contributed by atoms with Gasteiger partial charge in [0.15, 0.2) is 0 Å². The molecule has 0 bridgehead atoms. The normalized spacial score (nSPS) is 20.3. The first-order valence-electron chi connectivity index (χ1n) is 4.68. The van der Waals surface area contributed by atoms with Crippen LogP contribution in [-0.2, 0) is 4.79 Å². The van der Waals surface area contributed by atoms with Gasteiger partial charge >= 0.3 is 5.51 Å². The number of carbonyl (C=O) groups excluding carboxylic acids is 1. The lowest BCUT2D eigenvalue weighted by atomic mass is 10.1. The Balaban J connectivity index is 0.00000225. The number of halogens is 4. The molecule has 1 atom stereocenters. The Morgan fingerprint density at radius 2 is 2.19 bits per heavy atom. The van der Waals surface area contributed by atoms with Crippen molar-refractivity contribution in [3.8, 4) is 0 Å². The summed E-state index contributed by atoms with van der Waals surface area (Å²) in [6, 6.07) is 0. The maximum absolute atomic E-state index is 11.7. The highest BCUT2D eigenvalue weighted by atomic mass is 35.5. The van der Waals surface area contributed by atoms with Gasteiger partial charge in [-0.15, -0.1) is 12.4 Å². The summed E-state index contributed by atoms with van der Waals surface area (Å²) in [5.41, 5.74) is -4.21. The summed E-state index contributed by atoms with van der Waals surface area (Å²) in [5.74, 6) is -0.362. The first-order chi connectivity index (χ1) is 6.99. The minimum Gasteiger partial charge on any atom is -0.355 e. The van der Waals surface area contributed by atoms with Crippen LogP contribution in [0.15, 0.2) is 0 Å². The highest BCUT2D eigenvalue weighted by molar-refractivity contribution is 8.00. The molecule has 0 aliphatic carbocycles. The number of rotatable bonds is 4. The molecule has 1 heterocycles. The van der Waals surface area contributed by atoms with Crippen LogP contribution in [0, 0.1) is 5.92 Å². The van der Waals surface area contributed by atoms with Crippen LogP contribution in [0.2, 0.25) is 0 Å². The topological polar surface area (TPSA) is 41.1 Å². The molecule has 0 saturated carbocycles. The van der Waals surface area contributed by atoms with E-state index in [0.717, 1.165) is 13.0 Å². The zero-order valence-corrected chi connectivity index (χ0v) is 10.1. The molecular weight excluding hydrogens is 265 g/mol. The van der Waals surface area contributed by atoms with Crippen molar-refractivity contribution in [2.24, 2.45) is 5.92 Å². The highest BCUT2D eigenvalue weighted by Crippen LogP contribution is 2.29. The molecule has 0 radical (unpaired) electrons. The highest BCUT2D eigenvalue weighted by Gasteiger charge is 2.28. The average molecular weight is 279 g/mol. The number of hydrogen-bond acceptors (Lipinski definition) is 3. The molecule has 1 aliphatic rings. The molecule has 8 heteroatoms. The zero-order chi connectivity index (χ0) is 11.3. The molecule has 2 N–H and O–H groups in total. The fraction of sp³-hybridized carbons (Fsp3) is 0.875. The van der Waals surface area contributed by atoms with Crippen LogP contribution in [0.3, 0.4) is 0 Å². The van der Waals surface area contributed by atoms with Gasteiger partial charge in [0.05, 0.1) is 5.92 Å². The predicted octanol–water partition coefficient (Wildman–Crippen LogP) is 1.39. The van der Waals surface area contributed by atoms with Crippen LogP contribution in [0.4, 0.5) is 13.2 Å². The third-order valence-corrected chi connectivity index (χ3v) is 2.83. The average Bonchev–Trinajstić information content (AvgIpc) is 2.63. The summed E-state index contributed by atoms with van der Waals surface area (Å²) < 4.78 is 35.2. The van der Waals surface area contributed by atoms with E-state index >= 15 is 0 Å². The van der Waals surface area contributed by atoms with Gasteiger partial charge in [0.1, 0.15) is 0 Å². The number of hydrogen-bond donors (Lipinski definition) is 2. The monoisotopic (exact) mass is 278 g/mol. The molecule has 16 heavy (non-hydrogen) atoms. The van der Waals surface area contributed by atoms with E-state index in [2.05, 4.69) is 10.6 Å². The molecule has 1 aliphatic heterocycles. The van der Waals surface area contributed by atoms with E-state index in [-0.39, 0.29) is 48.3 Å². The van der Waals surface area contributed by atoms with E-state index in [4.69, 9.17) is 0 Å². The first-order valence-corrected chi connectivity index (χ1v) is 5.67. The molecule has 0 unspecified atom stereocenters. The van der Waals surface area contributed by atoms with E-state index < -0.39 is 5.51 Å². The number of nitrogens with one attached hydrogen (secondary N) is 2. The van der Waals surface area contributed by atoms with Crippen molar-refractivity contribution < 1.29 is 18.0 Å². The van der Waals surface area contributed by atoms with Gasteiger partial charge < -0.3 is 10.6 Å². The van der Waals surface area contributed by atoms with Crippen molar-refractivity contribution in [2.45, 2.75) is 11.9 Å². The number of alkyl halides is 3. The van der Waals surface area contributed by atoms with Crippen molar-refractivity contribution in [3.05, 3.63) is 0 Å². The van der Waals surface area contributed by atoms with E-state index in [9.17, 15) is 18.0 Å². The third kappa shape index (κ3) is 6.44. The van der Waals surface area contributed by atoms with Crippen LogP contribution < -0.4 is 10.6 Å². The lowest BCUT2D eigenvalue weighted by molar-refractivity contribution is -0.124. The zero-order valence-electron chi connectivity index (χ0n) is 8.47. The summed E-state index contributed by atoms with van der Waals surface area (Å²) in [6.45, 7) is 1.49. The van der Waals surface area contributed by atoms with Gasteiger partial charge in [-0.05, 0) is 24.7 Å². The molecular formula is C8H14ClF3N2OS. The van der Waals surface area contributed by atoms with Crippen molar-refractivity contribution in [2.75, 3.05) is 25.4 Å². The van der Waals surface area contributed by atoms with Crippen LogP contribution >= 0.6 is 24.2 Å². The minimum atomic E-state index is -4.21. The fourth-order valence-corrected chi connectivity index (χ4v) is 1.80. The summed E-state index contributed by atoms with van der Waals surface area (Å²) in [6.07, 6.45) is 0.762. The number of carbonyl (C=O) groups is 1. The van der Waals surface area contributed by atoms with Crippen molar-refractivity contribution >= 4 is 30.1 Å². The molecule has 1 amide bonds. The fourth-order valence-electron chi connectivity index (χ4n) is 1.36. The van der Waals surface area contributed by atoms with Crippen molar-refractivity contribution in [1.82, 2.24) is 10.6 Å². The van der Waals surface area contributed by atoms with Gasteiger partial charge in [-0.3, -0.25) is 4.79 Å². The van der Waals surface area contributed by atoms with E-state index in [1.807, 2.05) is 0 Å². The van der Waals surface area contributed by atoms with E-state index in [1.54, 1.807) is 0 Å². The second-order valence-electron chi connectivity index (χ2n) is 3.27. The maximum Gasteiger partial charge on any atom is 0.441 e. The Bertz CT molecular complexity index is 222. The molecule has 1 rings (SSSR count). The Labute approximate surface area is 102 Å². The summed E-state index contributed by atoms with van der Waals surface area (Å²) in [4.78, 5) is 11.3. The van der Waals surface area contributed by atoms with Gasteiger partial charge in [0.25, 0.3) is 0 Å². The molecule has 0 spiro atoms. The molecule has 96 valence electrons. The lowest BCUT2D eigenvalue weighted by Crippen LogP contribution is -2.33. The van der Waals surface area contributed by atoms with Gasteiger partial charge in [-0.1, -0.05) is 0 Å². The van der Waals surface area contributed by atoms with Crippen LogP contribution in [0.25, 0.3) is 0 Å². The SMILES string of the molecule is Cl.O=C(NCCSC(F)(F)F)[C@@H]1CCNC1. The first kappa shape index (κ1) is 15.9. The molecule has 0 aromatic heterocycles.